The average molecular weight is 512 g/mol. The predicted octanol–water partition coefficient (Wildman–Crippen LogP) is 7.12. The Morgan fingerprint density at radius 1 is 1.05 bits per heavy atom. The molecule has 5 nitrogen and oxygen atoms in total. The highest BCUT2D eigenvalue weighted by molar-refractivity contribution is 5.81. The second-order valence-corrected chi connectivity index (χ2v) is 10.8. The monoisotopic (exact) mass is 511 g/mol. The summed E-state index contributed by atoms with van der Waals surface area (Å²) in [5, 5.41) is 5.24. The van der Waals surface area contributed by atoms with Crippen LogP contribution in [0.3, 0.4) is 0 Å². The predicted molar refractivity (Wildman–Crippen MR) is 155 cm³/mol. The second-order valence-electron chi connectivity index (χ2n) is 10.8. The van der Waals surface area contributed by atoms with Crippen molar-refractivity contribution in [1.82, 2.24) is 15.3 Å². The molecule has 0 amide bonds. The van der Waals surface area contributed by atoms with Gasteiger partial charge >= 0.3 is 5.97 Å². The number of aryl methyl sites for hydroxylation is 3. The van der Waals surface area contributed by atoms with Crippen molar-refractivity contribution < 1.29 is 9.53 Å². The maximum atomic E-state index is 13.4. The van der Waals surface area contributed by atoms with Crippen molar-refractivity contribution >= 4 is 16.9 Å². The third kappa shape index (κ3) is 5.68. The number of nitrogens with one attached hydrogen (secondary N) is 2. The SMILES string of the molecule is CCOC(=O)C(C)C(CC)(NC(C)(CCc1cccnc1)c1cc(C)cc(C)c1)c1ccc2[nH]ccc2c1. The van der Waals surface area contributed by atoms with Crippen molar-refractivity contribution in [1.29, 1.82) is 0 Å². The molecule has 0 aliphatic rings. The zero-order chi connectivity index (χ0) is 27.3. The van der Waals surface area contributed by atoms with Gasteiger partial charge in [-0.2, -0.15) is 0 Å². The fourth-order valence-electron chi connectivity index (χ4n) is 5.83. The molecule has 0 spiro atoms. The van der Waals surface area contributed by atoms with E-state index in [0.29, 0.717) is 6.61 Å². The molecule has 4 aromatic rings. The van der Waals surface area contributed by atoms with Crippen LogP contribution >= 0.6 is 0 Å². The highest BCUT2D eigenvalue weighted by atomic mass is 16.5. The topological polar surface area (TPSA) is 67.0 Å². The van der Waals surface area contributed by atoms with Gasteiger partial charge in [0, 0.05) is 29.6 Å². The van der Waals surface area contributed by atoms with E-state index in [-0.39, 0.29) is 5.97 Å². The Hall–Kier alpha value is -3.44. The van der Waals surface area contributed by atoms with Crippen molar-refractivity contribution in [3.05, 3.63) is 101 Å². The minimum Gasteiger partial charge on any atom is -0.466 e. The smallest absolute Gasteiger partial charge is 0.310 e. The lowest BCUT2D eigenvalue weighted by Crippen LogP contribution is -2.58. The summed E-state index contributed by atoms with van der Waals surface area (Å²) in [7, 11) is 0. The first-order valence-corrected chi connectivity index (χ1v) is 13.7. The van der Waals surface area contributed by atoms with Crippen LogP contribution in [0.25, 0.3) is 10.9 Å². The molecule has 5 heteroatoms. The Bertz CT molecular complexity index is 1360. The molecule has 4 rings (SSSR count). The number of ether oxygens (including phenoxy) is 1. The lowest BCUT2D eigenvalue weighted by atomic mass is 9.72. The average Bonchev–Trinajstić information content (AvgIpc) is 3.39. The summed E-state index contributed by atoms with van der Waals surface area (Å²) in [6.07, 6.45) is 8.12. The molecule has 3 atom stereocenters. The van der Waals surface area contributed by atoms with Crippen LogP contribution in [0.5, 0.6) is 0 Å². The summed E-state index contributed by atoms with van der Waals surface area (Å²) in [6, 6.07) is 19.4. The van der Waals surface area contributed by atoms with Crippen LogP contribution in [0, 0.1) is 19.8 Å². The first-order valence-electron chi connectivity index (χ1n) is 13.7. The Labute approximate surface area is 227 Å². The number of aromatic amines is 1. The molecular weight excluding hydrogens is 470 g/mol. The highest BCUT2D eigenvalue weighted by Gasteiger charge is 2.46. The van der Waals surface area contributed by atoms with Crippen LogP contribution < -0.4 is 5.32 Å². The standard InChI is InChI=1S/C33H41N3O2/c1-7-33(25(5)31(37)38-8-2,28-11-12-30-27(21-28)14-17-35-30)36-32(6,15-13-26-10-9-16-34-22-26)29-19-23(3)18-24(4)20-29/h9-12,14,16-22,25,35-36H,7-8,13,15H2,1-6H3. The van der Waals surface area contributed by atoms with Gasteiger partial charge in [-0.1, -0.05) is 48.4 Å². The van der Waals surface area contributed by atoms with Crippen LogP contribution in [0.4, 0.5) is 0 Å². The number of benzene rings is 2. The molecule has 2 aromatic carbocycles. The van der Waals surface area contributed by atoms with Crippen molar-refractivity contribution in [3.8, 4) is 0 Å². The van der Waals surface area contributed by atoms with E-state index in [0.717, 1.165) is 35.7 Å². The maximum Gasteiger partial charge on any atom is 0.310 e. The summed E-state index contributed by atoms with van der Waals surface area (Å²) >= 11 is 0. The van der Waals surface area contributed by atoms with Crippen LogP contribution in [-0.4, -0.2) is 22.5 Å². The molecule has 0 aliphatic heterocycles. The number of hydrogen-bond acceptors (Lipinski definition) is 4. The highest BCUT2D eigenvalue weighted by Crippen LogP contribution is 2.41. The summed E-state index contributed by atoms with van der Waals surface area (Å²) < 4.78 is 5.60. The molecule has 0 aliphatic carbocycles. The quantitative estimate of drug-likeness (QED) is 0.210. The molecule has 2 heterocycles. The fourth-order valence-corrected chi connectivity index (χ4v) is 5.83. The number of carbonyl (C=O) groups excluding carboxylic acids is 1. The molecule has 0 radical (unpaired) electrons. The fraction of sp³-hybridized carbons (Fsp3) is 0.394. The normalized spacial score (nSPS) is 15.5. The van der Waals surface area contributed by atoms with Crippen molar-refractivity contribution in [3.63, 3.8) is 0 Å². The van der Waals surface area contributed by atoms with E-state index in [1.54, 1.807) is 0 Å². The van der Waals surface area contributed by atoms with Crippen LogP contribution in [-0.2, 0) is 27.0 Å². The Morgan fingerprint density at radius 3 is 2.47 bits per heavy atom. The summed E-state index contributed by atoms with van der Waals surface area (Å²) in [5.41, 5.74) is 5.94. The summed E-state index contributed by atoms with van der Waals surface area (Å²) in [6.45, 7) is 12.9. The van der Waals surface area contributed by atoms with Gasteiger partial charge in [-0.05, 0) is 100 Å². The van der Waals surface area contributed by atoms with E-state index in [9.17, 15) is 4.79 Å². The van der Waals surface area contributed by atoms with Gasteiger partial charge in [0.05, 0.1) is 18.1 Å². The van der Waals surface area contributed by atoms with Crippen molar-refractivity contribution in [2.24, 2.45) is 5.92 Å². The van der Waals surface area contributed by atoms with E-state index in [4.69, 9.17) is 4.74 Å². The van der Waals surface area contributed by atoms with E-state index in [1.165, 1.54) is 22.3 Å². The van der Waals surface area contributed by atoms with E-state index in [1.807, 2.05) is 38.5 Å². The lowest BCUT2D eigenvalue weighted by Gasteiger charge is -2.47. The van der Waals surface area contributed by atoms with Crippen LogP contribution in [0.2, 0.25) is 0 Å². The van der Waals surface area contributed by atoms with Gasteiger partial charge in [0.25, 0.3) is 0 Å². The molecule has 2 aromatic heterocycles. The maximum absolute atomic E-state index is 13.4. The number of pyridine rings is 1. The van der Waals surface area contributed by atoms with Gasteiger partial charge in [-0.15, -0.1) is 0 Å². The van der Waals surface area contributed by atoms with Gasteiger partial charge in [-0.3, -0.25) is 15.1 Å². The Morgan fingerprint density at radius 2 is 1.82 bits per heavy atom. The lowest BCUT2D eigenvalue weighted by molar-refractivity contribution is -0.151. The first-order chi connectivity index (χ1) is 18.2. The molecule has 0 fully saturated rings. The van der Waals surface area contributed by atoms with Gasteiger partial charge in [-0.25, -0.2) is 0 Å². The number of fused-ring (bicyclic) bond motifs is 1. The van der Waals surface area contributed by atoms with Crippen LogP contribution in [0.15, 0.2) is 73.2 Å². The number of rotatable bonds is 11. The van der Waals surface area contributed by atoms with Crippen molar-refractivity contribution in [2.45, 2.75) is 71.9 Å². The van der Waals surface area contributed by atoms with Gasteiger partial charge in [0.15, 0.2) is 0 Å². The molecular formula is C33H41N3O2. The molecule has 0 saturated carbocycles. The first kappa shape index (κ1) is 27.6. The Kier molecular flexibility index (Phi) is 8.37. The van der Waals surface area contributed by atoms with Gasteiger partial charge < -0.3 is 9.72 Å². The number of carbonyl (C=O) groups is 1. The van der Waals surface area contributed by atoms with E-state index < -0.39 is 17.0 Å². The number of aromatic nitrogens is 2. The Balaban J connectivity index is 1.86. The van der Waals surface area contributed by atoms with Gasteiger partial charge in [0.1, 0.15) is 0 Å². The summed E-state index contributed by atoms with van der Waals surface area (Å²) in [4.78, 5) is 21.0. The number of nitrogens with zero attached hydrogens (tertiary/aromatic N) is 1. The molecule has 38 heavy (non-hydrogen) atoms. The third-order valence-corrected chi connectivity index (χ3v) is 8.00. The van der Waals surface area contributed by atoms with Crippen molar-refractivity contribution in [2.75, 3.05) is 6.61 Å². The molecule has 0 bridgehead atoms. The van der Waals surface area contributed by atoms with Crippen LogP contribution in [0.1, 0.15) is 68.4 Å². The zero-order valence-corrected chi connectivity index (χ0v) is 23.6. The third-order valence-electron chi connectivity index (χ3n) is 8.00. The molecule has 0 saturated heterocycles. The number of esters is 1. The van der Waals surface area contributed by atoms with Gasteiger partial charge in [0.2, 0.25) is 0 Å². The summed E-state index contributed by atoms with van der Waals surface area (Å²) in [5.74, 6) is -0.599. The largest absolute Gasteiger partial charge is 0.466 e. The second kappa shape index (κ2) is 11.5. The molecule has 2 N–H and O–H groups in total. The zero-order valence-electron chi connectivity index (χ0n) is 23.6. The van der Waals surface area contributed by atoms with E-state index in [2.05, 4.69) is 91.5 Å². The molecule has 3 unspecified atom stereocenters. The van der Waals surface area contributed by atoms with E-state index >= 15 is 0 Å². The minimum atomic E-state index is -0.654. The number of hydrogen-bond donors (Lipinski definition) is 2. The number of H-pyrrole nitrogens is 1. The molecule has 200 valence electrons. The minimum absolute atomic E-state index is 0.189.